The van der Waals surface area contributed by atoms with Gasteiger partial charge in [-0.3, -0.25) is 9.59 Å². The van der Waals surface area contributed by atoms with E-state index in [1.165, 1.54) is 12.1 Å². The van der Waals surface area contributed by atoms with E-state index >= 15 is 0 Å². The van der Waals surface area contributed by atoms with Crippen molar-refractivity contribution in [2.45, 2.75) is 32.0 Å². The number of benzene rings is 2. The molecule has 1 fully saturated rings. The summed E-state index contributed by atoms with van der Waals surface area (Å²) < 4.78 is 37.9. The molecule has 0 aromatic heterocycles. The number of carbonyl (C=O) groups is 2. The SMILES string of the molecule is C[C@@H](C(=O)Nc1ccc(C(F)(F)F)cc1)[NH+]1CCC(C(=O)Nc2ccccc2)CC1. The van der Waals surface area contributed by atoms with E-state index in [0.717, 1.165) is 22.7 Å². The molecular weight excluding hydrogens is 395 g/mol. The predicted octanol–water partition coefficient (Wildman–Crippen LogP) is 2.97. The molecule has 1 saturated heterocycles. The fourth-order valence-corrected chi connectivity index (χ4v) is 3.63. The summed E-state index contributed by atoms with van der Waals surface area (Å²) in [7, 11) is 0. The highest BCUT2D eigenvalue weighted by Crippen LogP contribution is 2.29. The zero-order chi connectivity index (χ0) is 21.7. The molecule has 0 spiro atoms. The third kappa shape index (κ3) is 5.60. The Hall–Kier alpha value is -2.87. The van der Waals surface area contributed by atoms with Gasteiger partial charge in [-0.15, -0.1) is 0 Å². The van der Waals surface area contributed by atoms with Crippen LogP contribution in [0.25, 0.3) is 0 Å². The average molecular weight is 420 g/mol. The van der Waals surface area contributed by atoms with Crippen LogP contribution in [0.4, 0.5) is 24.5 Å². The Kier molecular flexibility index (Phi) is 6.77. The molecule has 3 N–H and O–H groups in total. The molecule has 0 unspecified atom stereocenters. The molecule has 2 amide bonds. The Morgan fingerprint density at radius 3 is 2.07 bits per heavy atom. The fraction of sp³-hybridized carbons (Fsp3) is 0.364. The molecule has 30 heavy (non-hydrogen) atoms. The van der Waals surface area contributed by atoms with Gasteiger partial charge in [-0.2, -0.15) is 13.2 Å². The third-order valence-electron chi connectivity index (χ3n) is 5.53. The summed E-state index contributed by atoms with van der Waals surface area (Å²) in [4.78, 5) is 26.0. The predicted molar refractivity (Wildman–Crippen MR) is 108 cm³/mol. The molecular formula is C22H25F3N3O2+. The first-order valence-electron chi connectivity index (χ1n) is 9.92. The van der Waals surface area contributed by atoms with Crippen LogP contribution in [0.3, 0.4) is 0 Å². The first-order chi connectivity index (χ1) is 14.2. The molecule has 0 bridgehead atoms. The highest BCUT2D eigenvalue weighted by molar-refractivity contribution is 5.94. The lowest BCUT2D eigenvalue weighted by molar-refractivity contribution is -0.919. The van der Waals surface area contributed by atoms with Gasteiger partial charge in [0.2, 0.25) is 5.91 Å². The van der Waals surface area contributed by atoms with E-state index in [0.29, 0.717) is 31.6 Å². The molecule has 0 saturated carbocycles. The third-order valence-corrected chi connectivity index (χ3v) is 5.53. The van der Waals surface area contributed by atoms with Crippen molar-refractivity contribution in [2.24, 2.45) is 5.92 Å². The number of piperidine rings is 1. The van der Waals surface area contributed by atoms with E-state index < -0.39 is 11.7 Å². The summed E-state index contributed by atoms with van der Waals surface area (Å²) in [6.45, 7) is 3.14. The van der Waals surface area contributed by atoms with Crippen molar-refractivity contribution in [3.05, 3.63) is 60.2 Å². The second-order valence-electron chi connectivity index (χ2n) is 7.57. The standard InChI is InChI=1S/C22H24F3N3O2/c1-15(20(29)26-19-9-7-17(8-10-19)22(23,24)25)28-13-11-16(12-14-28)21(30)27-18-5-3-2-4-6-18/h2-10,15-16H,11-14H2,1H3,(H,26,29)(H,27,30)/p+1/t15-/m0/s1. The molecule has 1 atom stereocenters. The Bertz CT molecular complexity index is 861. The molecule has 2 aromatic carbocycles. The van der Waals surface area contributed by atoms with Gasteiger partial charge >= 0.3 is 6.18 Å². The number of hydrogen-bond donors (Lipinski definition) is 3. The lowest BCUT2D eigenvalue weighted by Crippen LogP contribution is -3.17. The number of para-hydroxylation sites is 1. The number of anilines is 2. The van der Waals surface area contributed by atoms with Crippen molar-refractivity contribution in [2.75, 3.05) is 23.7 Å². The quantitative estimate of drug-likeness (QED) is 0.697. The largest absolute Gasteiger partial charge is 0.416 e. The van der Waals surface area contributed by atoms with Crippen LogP contribution in [-0.2, 0) is 15.8 Å². The van der Waals surface area contributed by atoms with E-state index in [1.807, 2.05) is 30.3 Å². The second kappa shape index (κ2) is 9.30. The normalized spacial score (nSPS) is 20.3. The Balaban J connectivity index is 1.49. The summed E-state index contributed by atoms with van der Waals surface area (Å²) >= 11 is 0. The number of carbonyl (C=O) groups excluding carboxylic acids is 2. The summed E-state index contributed by atoms with van der Waals surface area (Å²) in [5.41, 5.74) is 0.341. The van der Waals surface area contributed by atoms with E-state index in [1.54, 1.807) is 6.92 Å². The molecule has 8 heteroatoms. The molecule has 0 radical (unpaired) electrons. The van der Waals surface area contributed by atoms with Crippen LogP contribution >= 0.6 is 0 Å². The van der Waals surface area contributed by atoms with Gasteiger partial charge < -0.3 is 15.5 Å². The molecule has 3 rings (SSSR count). The summed E-state index contributed by atoms with van der Waals surface area (Å²) in [6.07, 6.45) is -3.06. The van der Waals surface area contributed by atoms with Gasteiger partial charge in [-0.25, -0.2) is 0 Å². The molecule has 1 aliphatic heterocycles. The summed E-state index contributed by atoms with van der Waals surface area (Å²) in [5, 5.41) is 5.60. The number of halogens is 3. The van der Waals surface area contributed by atoms with Crippen LogP contribution in [0, 0.1) is 5.92 Å². The summed E-state index contributed by atoms with van der Waals surface area (Å²) in [5.74, 6) is -0.363. The fourth-order valence-electron chi connectivity index (χ4n) is 3.63. The van der Waals surface area contributed by atoms with E-state index in [9.17, 15) is 22.8 Å². The maximum absolute atomic E-state index is 12.6. The van der Waals surface area contributed by atoms with Gasteiger partial charge in [0.05, 0.1) is 18.7 Å². The van der Waals surface area contributed by atoms with Gasteiger partial charge in [-0.1, -0.05) is 18.2 Å². The van der Waals surface area contributed by atoms with Crippen LogP contribution in [0.2, 0.25) is 0 Å². The molecule has 5 nitrogen and oxygen atoms in total. The van der Waals surface area contributed by atoms with Crippen LogP contribution in [-0.4, -0.2) is 30.9 Å². The van der Waals surface area contributed by atoms with Crippen molar-refractivity contribution in [3.8, 4) is 0 Å². The van der Waals surface area contributed by atoms with Gasteiger partial charge in [0.15, 0.2) is 6.04 Å². The van der Waals surface area contributed by atoms with Crippen LogP contribution in [0.1, 0.15) is 25.3 Å². The Labute approximate surface area is 173 Å². The summed E-state index contributed by atoms with van der Waals surface area (Å²) in [6, 6.07) is 13.3. The number of amides is 2. The molecule has 1 aliphatic rings. The highest BCUT2D eigenvalue weighted by Gasteiger charge is 2.33. The number of alkyl halides is 3. The molecule has 0 aliphatic carbocycles. The number of nitrogens with one attached hydrogen (secondary N) is 3. The lowest BCUT2D eigenvalue weighted by Gasteiger charge is -2.32. The van der Waals surface area contributed by atoms with Crippen LogP contribution < -0.4 is 15.5 Å². The van der Waals surface area contributed by atoms with Gasteiger partial charge in [0, 0.05) is 30.1 Å². The van der Waals surface area contributed by atoms with E-state index in [-0.39, 0.29) is 23.8 Å². The topological polar surface area (TPSA) is 62.6 Å². The average Bonchev–Trinajstić information content (AvgIpc) is 2.73. The number of quaternary nitrogens is 1. The maximum Gasteiger partial charge on any atom is 0.416 e. The molecule has 2 aromatic rings. The van der Waals surface area contributed by atoms with E-state index in [2.05, 4.69) is 10.6 Å². The Morgan fingerprint density at radius 2 is 1.50 bits per heavy atom. The number of rotatable bonds is 5. The van der Waals surface area contributed by atoms with Crippen molar-refractivity contribution >= 4 is 23.2 Å². The van der Waals surface area contributed by atoms with Crippen molar-refractivity contribution in [3.63, 3.8) is 0 Å². The minimum absolute atomic E-state index is 0.0119. The van der Waals surface area contributed by atoms with Crippen LogP contribution in [0.15, 0.2) is 54.6 Å². The van der Waals surface area contributed by atoms with E-state index in [4.69, 9.17) is 0 Å². The minimum atomic E-state index is -4.41. The highest BCUT2D eigenvalue weighted by atomic mass is 19.4. The van der Waals surface area contributed by atoms with Gasteiger partial charge in [0.25, 0.3) is 5.91 Å². The van der Waals surface area contributed by atoms with Gasteiger partial charge in [-0.05, 0) is 43.3 Å². The van der Waals surface area contributed by atoms with Gasteiger partial charge in [0.1, 0.15) is 0 Å². The van der Waals surface area contributed by atoms with Crippen molar-refractivity contribution in [1.29, 1.82) is 0 Å². The smallest absolute Gasteiger partial charge is 0.326 e. The first-order valence-corrected chi connectivity index (χ1v) is 9.92. The van der Waals surface area contributed by atoms with Crippen molar-refractivity contribution in [1.82, 2.24) is 0 Å². The second-order valence-corrected chi connectivity index (χ2v) is 7.57. The first kappa shape index (κ1) is 21.8. The number of hydrogen-bond acceptors (Lipinski definition) is 2. The lowest BCUT2D eigenvalue weighted by atomic mass is 9.94. The van der Waals surface area contributed by atoms with Crippen molar-refractivity contribution < 1.29 is 27.7 Å². The zero-order valence-corrected chi connectivity index (χ0v) is 16.6. The zero-order valence-electron chi connectivity index (χ0n) is 16.6. The van der Waals surface area contributed by atoms with Crippen LogP contribution in [0.5, 0.6) is 0 Å². The monoisotopic (exact) mass is 420 g/mol. The molecule has 1 heterocycles. The maximum atomic E-state index is 12.6. The number of likely N-dealkylation sites (tertiary alicyclic amines) is 1. The molecule has 160 valence electrons. The Morgan fingerprint density at radius 1 is 0.933 bits per heavy atom. The minimum Gasteiger partial charge on any atom is -0.326 e.